The van der Waals surface area contributed by atoms with E-state index in [0.29, 0.717) is 0 Å². The Morgan fingerprint density at radius 2 is 1.83 bits per heavy atom. The molecule has 0 bridgehead atoms. The van der Waals surface area contributed by atoms with Gasteiger partial charge in [0.05, 0.1) is 12.7 Å². The fourth-order valence-corrected chi connectivity index (χ4v) is 2.93. The molecule has 0 saturated heterocycles. The summed E-state index contributed by atoms with van der Waals surface area (Å²) in [6.45, 7) is -0.588. The Balaban J connectivity index is 1.72. The molecule has 5 N–H and O–H groups in total. The number of hydrogen-bond acceptors (Lipinski definition) is 7. The fraction of sp³-hybridized carbons (Fsp3) is 0.353. The number of aliphatic hydroxyl groups excluding tert-OH is 4. The van der Waals surface area contributed by atoms with Gasteiger partial charge in [-0.1, -0.05) is 18.2 Å². The molecular formula is C17H19NO6. The van der Waals surface area contributed by atoms with E-state index in [1.807, 2.05) is 12.1 Å². The maximum absolute atomic E-state index is 10.3. The summed E-state index contributed by atoms with van der Waals surface area (Å²) in [5.41, 5.74) is -0.312. The molecule has 5 atom stereocenters. The highest BCUT2D eigenvalue weighted by Crippen LogP contribution is 2.42. The molecule has 1 aliphatic carbocycles. The molecule has 1 heterocycles. The van der Waals surface area contributed by atoms with Gasteiger partial charge in [0.25, 0.3) is 0 Å². The smallest absolute Gasteiger partial charge is 0.229 e. The lowest BCUT2D eigenvalue weighted by atomic mass is 9.64. The van der Waals surface area contributed by atoms with Crippen LogP contribution < -0.4 is 4.74 Å². The Morgan fingerprint density at radius 1 is 1.12 bits per heavy atom. The Kier molecular flexibility index (Phi) is 4.53. The predicted octanol–water partition coefficient (Wildman–Crippen LogP) is -0.479. The van der Waals surface area contributed by atoms with Gasteiger partial charge >= 0.3 is 0 Å². The molecule has 3 rings (SSSR count). The summed E-state index contributed by atoms with van der Waals surface area (Å²) < 4.78 is 5.27. The Morgan fingerprint density at radius 3 is 2.42 bits per heavy atom. The first-order valence-corrected chi connectivity index (χ1v) is 7.53. The molecule has 7 nitrogen and oxygen atoms in total. The minimum absolute atomic E-state index is 0.272. The number of benzene rings is 1. The van der Waals surface area contributed by atoms with Gasteiger partial charge in [-0.2, -0.15) is 0 Å². The first-order valence-electron chi connectivity index (χ1n) is 7.53. The quantitative estimate of drug-likeness (QED) is 0.468. The summed E-state index contributed by atoms with van der Waals surface area (Å²) >= 11 is 0. The number of hydrogen-bond donors (Lipinski definition) is 5. The maximum Gasteiger partial charge on any atom is 0.229 e. The predicted molar refractivity (Wildman–Crippen MR) is 83.8 cm³/mol. The van der Waals surface area contributed by atoms with Gasteiger partial charge in [0.15, 0.2) is 5.60 Å². The Hall–Kier alpha value is -2.03. The molecule has 1 aromatic carbocycles. The highest BCUT2D eigenvalue weighted by molar-refractivity contribution is 5.62. The van der Waals surface area contributed by atoms with Crippen LogP contribution in [0, 0.1) is 5.92 Å². The van der Waals surface area contributed by atoms with Gasteiger partial charge in [-0.3, -0.25) is 4.98 Å². The van der Waals surface area contributed by atoms with Crippen LogP contribution in [0.25, 0.3) is 11.1 Å². The van der Waals surface area contributed by atoms with Crippen LogP contribution in [0.3, 0.4) is 0 Å². The van der Waals surface area contributed by atoms with Gasteiger partial charge in [-0.25, -0.2) is 0 Å². The number of nitrogens with zero attached hydrogens (tertiary/aromatic N) is 1. The normalized spacial score (nSPS) is 30.5. The van der Waals surface area contributed by atoms with Gasteiger partial charge in [-0.15, -0.1) is 0 Å². The monoisotopic (exact) mass is 333 g/mol. The van der Waals surface area contributed by atoms with Crippen molar-refractivity contribution in [2.75, 3.05) is 6.61 Å². The third kappa shape index (κ3) is 2.66. The molecule has 0 aliphatic heterocycles. The third-order valence-electron chi connectivity index (χ3n) is 4.49. The third-order valence-corrected chi connectivity index (χ3v) is 4.49. The topological polar surface area (TPSA) is 123 Å². The molecule has 5 unspecified atom stereocenters. The average molecular weight is 333 g/mol. The van der Waals surface area contributed by atoms with Crippen LogP contribution in [0.1, 0.15) is 0 Å². The minimum Gasteiger partial charge on any atom is -0.462 e. The maximum atomic E-state index is 10.3. The first-order chi connectivity index (χ1) is 11.5. The molecule has 128 valence electrons. The molecule has 1 aliphatic rings. The van der Waals surface area contributed by atoms with Gasteiger partial charge in [0, 0.05) is 18.3 Å². The van der Waals surface area contributed by atoms with Crippen molar-refractivity contribution in [2.45, 2.75) is 24.1 Å². The van der Waals surface area contributed by atoms with Crippen molar-refractivity contribution in [1.82, 2.24) is 4.98 Å². The molecule has 1 aromatic heterocycles. The van der Waals surface area contributed by atoms with E-state index < -0.39 is 36.6 Å². The summed E-state index contributed by atoms with van der Waals surface area (Å²) in [6, 6.07) is 10.4. The fourth-order valence-electron chi connectivity index (χ4n) is 2.93. The molecule has 7 heteroatoms. The molecule has 24 heavy (non-hydrogen) atoms. The molecule has 2 aromatic rings. The van der Waals surface area contributed by atoms with E-state index in [0.717, 1.165) is 11.1 Å². The van der Waals surface area contributed by atoms with Crippen LogP contribution in [0.5, 0.6) is 5.75 Å². The number of pyridine rings is 1. The van der Waals surface area contributed by atoms with Crippen molar-refractivity contribution < 1.29 is 30.3 Å². The Bertz CT molecular complexity index is 679. The van der Waals surface area contributed by atoms with Gasteiger partial charge < -0.3 is 30.3 Å². The zero-order valence-corrected chi connectivity index (χ0v) is 12.7. The van der Waals surface area contributed by atoms with Crippen molar-refractivity contribution in [3.8, 4) is 16.9 Å². The molecular weight excluding hydrogens is 314 g/mol. The summed E-state index contributed by atoms with van der Waals surface area (Å²) in [5, 5.41) is 48.9. The Labute approximate surface area is 138 Å². The molecule has 1 fully saturated rings. The standard InChI is InChI=1S/C17H19NO6/c19-9-13-14(20)15(21)17(13,23)16(22)24-12-5-3-10(4-6-12)11-2-1-7-18-8-11/h1-8,13-16,19-23H,9H2. The van der Waals surface area contributed by atoms with Crippen molar-refractivity contribution in [1.29, 1.82) is 0 Å². The summed E-state index contributed by atoms with van der Waals surface area (Å²) in [7, 11) is 0. The van der Waals surface area contributed by atoms with Crippen LogP contribution in [-0.2, 0) is 0 Å². The number of ether oxygens (including phenoxy) is 1. The van der Waals surface area contributed by atoms with Gasteiger partial charge in [0.1, 0.15) is 11.9 Å². The van der Waals surface area contributed by atoms with Crippen LogP contribution in [-0.4, -0.2) is 61.2 Å². The van der Waals surface area contributed by atoms with E-state index in [1.165, 1.54) is 0 Å². The van der Waals surface area contributed by atoms with Crippen LogP contribution in [0.2, 0.25) is 0 Å². The highest BCUT2D eigenvalue weighted by Gasteiger charge is 2.65. The van der Waals surface area contributed by atoms with E-state index in [-0.39, 0.29) is 5.75 Å². The second-order valence-electron chi connectivity index (χ2n) is 5.85. The van der Waals surface area contributed by atoms with Crippen molar-refractivity contribution in [3.05, 3.63) is 48.8 Å². The lowest BCUT2D eigenvalue weighted by Gasteiger charge is -2.53. The minimum atomic E-state index is -2.13. The zero-order valence-electron chi connectivity index (χ0n) is 12.7. The van der Waals surface area contributed by atoms with Gasteiger partial charge in [-0.05, 0) is 29.3 Å². The summed E-state index contributed by atoms with van der Waals surface area (Å²) in [5.74, 6) is -0.814. The molecule has 0 radical (unpaired) electrons. The molecule has 0 spiro atoms. The second kappa shape index (κ2) is 6.46. The van der Waals surface area contributed by atoms with Crippen LogP contribution >= 0.6 is 0 Å². The number of aliphatic hydroxyl groups is 5. The van der Waals surface area contributed by atoms with Crippen LogP contribution in [0.15, 0.2) is 48.8 Å². The van der Waals surface area contributed by atoms with Crippen molar-refractivity contribution in [2.24, 2.45) is 5.92 Å². The van der Waals surface area contributed by atoms with E-state index in [9.17, 15) is 25.5 Å². The second-order valence-corrected chi connectivity index (χ2v) is 5.85. The van der Waals surface area contributed by atoms with Gasteiger partial charge in [0.2, 0.25) is 6.29 Å². The van der Waals surface area contributed by atoms with E-state index >= 15 is 0 Å². The number of rotatable bonds is 5. The summed E-state index contributed by atoms with van der Waals surface area (Å²) in [4.78, 5) is 4.04. The zero-order chi connectivity index (χ0) is 17.3. The largest absolute Gasteiger partial charge is 0.462 e. The first kappa shape index (κ1) is 16.8. The van der Waals surface area contributed by atoms with E-state index in [2.05, 4.69) is 4.98 Å². The molecule has 0 amide bonds. The average Bonchev–Trinajstić information content (AvgIpc) is 2.62. The van der Waals surface area contributed by atoms with Crippen molar-refractivity contribution >= 4 is 0 Å². The van der Waals surface area contributed by atoms with E-state index in [4.69, 9.17) is 4.74 Å². The lowest BCUT2D eigenvalue weighted by molar-refractivity contribution is -0.332. The molecule has 1 saturated carbocycles. The van der Waals surface area contributed by atoms with E-state index in [1.54, 1.807) is 36.7 Å². The van der Waals surface area contributed by atoms with Crippen LogP contribution in [0.4, 0.5) is 0 Å². The number of aromatic nitrogens is 1. The summed E-state index contributed by atoms with van der Waals surface area (Å²) in [6.07, 6.45) is -1.32. The highest BCUT2D eigenvalue weighted by atomic mass is 16.6. The lowest BCUT2D eigenvalue weighted by Crippen LogP contribution is -2.76. The SMILES string of the molecule is OCC1C(O)C(O)C1(O)C(O)Oc1ccc(-c2cccnc2)cc1. The van der Waals surface area contributed by atoms with Crippen molar-refractivity contribution in [3.63, 3.8) is 0 Å².